The van der Waals surface area contributed by atoms with Crippen LogP contribution in [0.4, 0.5) is 0 Å². The van der Waals surface area contributed by atoms with E-state index in [1.165, 1.54) is 0 Å². The maximum atomic E-state index is 11.6. The Hall–Kier alpha value is -1.49. The predicted octanol–water partition coefficient (Wildman–Crippen LogP) is 0.386. The number of aryl methyl sites for hydroxylation is 1. The molecule has 1 amide bonds. The monoisotopic (exact) mass is 222 g/mol. The maximum absolute atomic E-state index is 11.6. The molecular weight excluding hydrogens is 204 g/mol. The van der Waals surface area contributed by atoms with Gasteiger partial charge in [-0.25, -0.2) is 9.97 Å². The zero-order chi connectivity index (χ0) is 12.0. The van der Waals surface area contributed by atoms with Gasteiger partial charge in [-0.15, -0.1) is 0 Å². The van der Waals surface area contributed by atoms with Gasteiger partial charge >= 0.3 is 0 Å². The van der Waals surface area contributed by atoms with Gasteiger partial charge in [0.05, 0.1) is 12.2 Å². The van der Waals surface area contributed by atoms with Gasteiger partial charge in [-0.3, -0.25) is 4.79 Å². The van der Waals surface area contributed by atoms with Crippen LogP contribution < -0.4 is 11.1 Å². The van der Waals surface area contributed by atoms with E-state index in [2.05, 4.69) is 15.3 Å². The van der Waals surface area contributed by atoms with Crippen LogP contribution in [-0.2, 0) is 11.3 Å². The lowest BCUT2D eigenvalue weighted by molar-refractivity contribution is -0.124. The van der Waals surface area contributed by atoms with E-state index in [4.69, 9.17) is 5.73 Å². The summed E-state index contributed by atoms with van der Waals surface area (Å²) >= 11 is 0. The molecule has 1 aromatic rings. The fourth-order valence-electron chi connectivity index (χ4n) is 1.34. The first-order valence-corrected chi connectivity index (χ1v) is 5.39. The van der Waals surface area contributed by atoms with E-state index in [9.17, 15) is 4.79 Å². The van der Waals surface area contributed by atoms with Crippen molar-refractivity contribution in [3.63, 3.8) is 0 Å². The molecule has 1 unspecified atom stereocenters. The molecule has 88 valence electrons. The van der Waals surface area contributed by atoms with Crippen molar-refractivity contribution in [2.45, 2.75) is 26.8 Å². The summed E-state index contributed by atoms with van der Waals surface area (Å²) in [6.45, 7) is 4.66. The summed E-state index contributed by atoms with van der Waals surface area (Å²) in [6.07, 6.45) is 2.39. The molecule has 5 heteroatoms. The van der Waals surface area contributed by atoms with Crippen LogP contribution in [0.3, 0.4) is 0 Å². The van der Waals surface area contributed by atoms with Crippen molar-refractivity contribution in [2.75, 3.05) is 6.54 Å². The van der Waals surface area contributed by atoms with Gasteiger partial charge < -0.3 is 11.1 Å². The molecule has 1 aromatic heterocycles. The minimum atomic E-state index is -0.0482. The zero-order valence-corrected chi connectivity index (χ0v) is 9.73. The molecule has 0 radical (unpaired) electrons. The molecule has 1 heterocycles. The van der Waals surface area contributed by atoms with Crippen LogP contribution in [-0.4, -0.2) is 22.4 Å². The Morgan fingerprint density at radius 2 is 2.38 bits per heavy atom. The number of amides is 1. The average Bonchev–Trinajstić information content (AvgIpc) is 2.26. The highest BCUT2D eigenvalue weighted by Gasteiger charge is 2.11. The third-order valence-electron chi connectivity index (χ3n) is 2.32. The summed E-state index contributed by atoms with van der Waals surface area (Å²) in [7, 11) is 0. The van der Waals surface area contributed by atoms with E-state index in [0.29, 0.717) is 25.3 Å². The van der Waals surface area contributed by atoms with Crippen LogP contribution in [0.5, 0.6) is 0 Å². The lowest BCUT2D eigenvalue weighted by Gasteiger charge is -2.10. The molecule has 1 rings (SSSR count). The second-order valence-electron chi connectivity index (χ2n) is 3.79. The molecule has 0 bridgehead atoms. The lowest BCUT2D eigenvalue weighted by atomic mass is 10.1. The van der Waals surface area contributed by atoms with E-state index in [1.54, 1.807) is 12.3 Å². The normalized spacial score (nSPS) is 12.2. The number of nitrogens with one attached hydrogen (secondary N) is 1. The first-order chi connectivity index (χ1) is 7.63. The molecule has 16 heavy (non-hydrogen) atoms. The van der Waals surface area contributed by atoms with Gasteiger partial charge in [0, 0.05) is 12.1 Å². The Labute approximate surface area is 95.5 Å². The van der Waals surface area contributed by atoms with Crippen LogP contribution >= 0.6 is 0 Å². The number of carbonyl (C=O) groups excluding carboxylic acids is 1. The van der Waals surface area contributed by atoms with Crippen LogP contribution in [0.1, 0.15) is 24.9 Å². The Kier molecular flexibility index (Phi) is 4.85. The van der Waals surface area contributed by atoms with Crippen molar-refractivity contribution < 1.29 is 4.79 Å². The third-order valence-corrected chi connectivity index (χ3v) is 2.32. The number of nitrogens with two attached hydrogens (primary N) is 1. The molecule has 0 saturated carbocycles. The Balaban J connectivity index is 2.42. The zero-order valence-electron chi connectivity index (χ0n) is 9.73. The second kappa shape index (κ2) is 6.17. The Bertz CT molecular complexity index is 354. The summed E-state index contributed by atoms with van der Waals surface area (Å²) in [5, 5.41) is 2.83. The number of carbonyl (C=O) groups is 1. The molecule has 0 saturated heterocycles. The van der Waals surface area contributed by atoms with Gasteiger partial charge in [-0.05, 0) is 26.0 Å². The molecule has 3 N–H and O–H groups in total. The molecule has 5 nitrogen and oxygen atoms in total. The summed E-state index contributed by atoms with van der Waals surface area (Å²) in [5.74, 6) is 0.677. The summed E-state index contributed by atoms with van der Waals surface area (Å²) in [6, 6.07) is 1.79. The highest BCUT2D eigenvalue weighted by molar-refractivity contribution is 5.78. The van der Waals surface area contributed by atoms with Crippen molar-refractivity contribution in [2.24, 2.45) is 11.7 Å². The number of rotatable bonds is 5. The number of hydrogen-bond donors (Lipinski definition) is 2. The Morgan fingerprint density at radius 3 is 3.00 bits per heavy atom. The van der Waals surface area contributed by atoms with Crippen molar-refractivity contribution in [3.8, 4) is 0 Å². The van der Waals surface area contributed by atoms with Crippen molar-refractivity contribution in [1.82, 2.24) is 15.3 Å². The number of hydrogen-bond acceptors (Lipinski definition) is 4. The van der Waals surface area contributed by atoms with E-state index in [-0.39, 0.29) is 11.8 Å². The van der Waals surface area contributed by atoms with Gasteiger partial charge in [-0.1, -0.05) is 6.92 Å². The number of nitrogens with zero attached hydrogens (tertiary/aromatic N) is 2. The van der Waals surface area contributed by atoms with E-state index in [1.807, 2.05) is 13.8 Å². The molecular formula is C11H18N4O. The van der Waals surface area contributed by atoms with Gasteiger partial charge in [0.2, 0.25) is 5.91 Å². The van der Waals surface area contributed by atoms with E-state index in [0.717, 1.165) is 5.69 Å². The van der Waals surface area contributed by atoms with Crippen LogP contribution in [0.25, 0.3) is 0 Å². The van der Waals surface area contributed by atoms with Crippen LogP contribution in [0.15, 0.2) is 12.3 Å². The van der Waals surface area contributed by atoms with Crippen molar-refractivity contribution in [3.05, 3.63) is 23.8 Å². The fourth-order valence-corrected chi connectivity index (χ4v) is 1.34. The molecule has 0 spiro atoms. The predicted molar refractivity (Wildman–Crippen MR) is 61.5 cm³/mol. The summed E-state index contributed by atoms with van der Waals surface area (Å²) < 4.78 is 0. The Morgan fingerprint density at radius 1 is 1.62 bits per heavy atom. The molecule has 0 aromatic carbocycles. The minimum absolute atomic E-state index is 0.0155. The largest absolute Gasteiger partial charge is 0.350 e. The molecule has 0 aliphatic rings. The van der Waals surface area contributed by atoms with E-state index >= 15 is 0 Å². The topological polar surface area (TPSA) is 80.9 Å². The van der Waals surface area contributed by atoms with Gasteiger partial charge in [0.1, 0.15) is 5.82 Å². The highest BCUT2D eigenvalue weighted by atomic mass is 16.1. The summed E-state index contributed by atoms with van der Waals surface area (Å²) in [5.41, 5.74) is 6.21. The van der Waals surface area contributed by atoms with Crippen molar-refractivity contribution >= 4 is 5.91 Å². The standard InChI is InChI=1S/C11H18N4O/c1-8(3-5-12)11(16)14-7-10-4-6-13-9(2)15-10/h4,6,8H,3,5,7,12H2,1-2H3,(H,14,16). The number of aromatic nitrogens is 2. The van der Waals surface area contributed by atoms with Crippen LogP contribution in [0, 0.1) is 12.8 Å². The summed E-state index contributed by atoms with van der Waals surface area (Å²) in [4.78, 5) is 19.8. The third kappa shape index (κ3) is 3.94. The first-order valence-electron chi connectivity index (χ1n) is 5.39. The first kappa shape index (κ1) is 12.6. The smallest absolute Gasteiger partial charge is 0.223 e. The highest BCUT2D eigenvalue weighted by Crippen LogP contribution is 2.01. The molecule has 1 atom stereocenters. The molecule has 0 aliphatic carbocycles. The average molecular weight is 222 g/mol. The van der Waals surface area contributed by atoms with E-state index < -0.39 is 0 Å². The minimum Gasteiger partial charge on any atom is -0.350 e. The van der Waals surface area contributed by atoms with Gasteiger partial charge in [0.25, 0.3) is 0 Å². The molecule has 0 fully saturated rings. The maximum Gasteiger partial charge on any atom is 0.223 e. The van der Waals surface area contributed by atoms with Gasteiger partial charge in [-0.2, -0.15) is 0 Å². The quantitative estimate of drug-likeness (QED) is 0.755. The van der Waals surface area contributed by atoms with Crippen molar-refractivity contribution in [1.29, 1.82) is 0 Å². The SMILES string of the molecule is Cc1nccc(CNC(=O)C(C)CCN)n1. The van der Waals surface area contributed by atoms with Crippen LogP contribution in [0.2, 0.25) is 0 Å². The molecule has 0 aliphatic heterocycles. The second-order valence-corrected chi connectivity index (χ2v) is 3.79. The fraction of sp³-hybridized carbons (Fsp3) is 0.545. The van der Waals surface area contributed by atoms with Gasteiger partial charge in [0.15, 0.2) is 0 Å². The lowest BCUT2D eigenvalue weighted by Crippen LogP contribution is -2.30.